The quantitative estimate of drug-likeness (QED) is 0.824. The second-order valence-electron chi connectivity index (χ2n) is 5.60. The van der Waals surface area contributed by atoms with Crippen molar-refractivity contribution in [3.05, 3.63) is 24.8 Å². The second-order valence-corrected chi connectivity index (χ2v) is 5.60. The van der Waals surface area contributed by atoms with E-state index in [2.05, 4.69) is 37.0 Å². The van der Waals surface area contributed by atoms with Crippen LogP contribution in [0.3, 0.4) is 0 Å². The molecule has 0 bridgehead atoms. The molecule has 20 heavy (non-hydrogen) atoms. The van der Waals surface area contributed by atoms with Crippen LogP contribution in [0, 0.1) is 5.92 Å². The summed E-state index contributed by atoms with van der Waals surface area (Å²) < 4.78 is 2.07. The number of hydrogen-bond acceptors (Lipinski definition) is 5. The summed E-state index contributed by atoms with van der Waals surface area (Å²) in [5.74, 6) is 1.07. The second kappa shape index (κ2) is 4.56. The van der Waals surface area contributed by atoms with Gasteiger partial charge >= 0.3 is 0 Å². The van der Waals surface area contributed by atoms with Crippen molar-refractivity contribution in [3.63, 3.8) is 0 Å². The molecule has 6 nitrogen and oxygen atoms in total. The van der Waals surface area contributed by atoms with Crippen LogP contribution in [0.25, 0.3) is 11.2 Å². The van der Waals surface area contributed by atoms with Crippen LogP contribution in [0.1, 0.15) is 25.3 Å². The van der Waals surface area contributed by atoms with E-state index in [-0.39, 0.29) is 18.6 Å². The van der Waals surface area contributed by atoms with Gasteiger partial charge in [0, 0.05) is 18.6 Å². The van der Waals surface area contributed by atoms with Gasteiger partial charge in [-0.15, -0.1) is 0 Å². The molecule has 2 aliphatic rings. The zero-order valence-electron chi connectivity index (χ0n) is 11.1. The summed E-state index contributed by atoms with van der Waals surface area (Å²) in [5.41, 5.74) is 1.69. The van der Waals surface area contributed by atoms with Gasteiger partial charge in [-0.05, 0) is 19.3 Å². The number of hydrogen-bond donors (Lipinski definition) is 2. The highest BCUT2D eigenvalue weighted by Crippen LogP contribution is 2.32. The number of aliphatic hydroxyl groups excluding tert-OH is 1. The van der Waals surface area contributed by atoms with Crippen LogP contribution in [0.15, 0.2) is 24.8 Å². The maximum absolute atomic E-state index is 9.23. The molecule has 6 heteroatoms. The van der Waals surface area contributed by atoms with Crippen molar-refractivity contribution in [2.75, 3.05) is 11.9 Å². The Bertz CT molecular complexity index is 661. The first-order chi connectivity index (χ1) is 9.85. The molecule has 2 aliphatic carbocycles. The van der Waals surface area contributed by atoms with Gasteiger partial charge < -0.3 is 15.0 Å². The lowest BCUT2D eigenvalue weighted by molar-refractivity contribution is 0.244. The largest absolute Gasteiger partial charge is 0.396 e. The molecule has 1 saturated carbocycles. The van der Waals surface area contributed by atoms with Crippen LogP contribution in [-0.4, -0.2) is 37.3 Å². The molecule has 0 amide bonds. The Morgan fingerprint density at radius 2 is 2.15 bits per heavy atom. The van der Waals surface area contributed by atoms with Gasteiger partial charge in [0.15, 0.2) is 11.5 Å². The van der Waals surface area contributed by atoms with Crippen molar-refractivity contribution in [2.24, 2.45) is 5.92 Å². The molecule has 0 aromatic carbocycles. The van der Waals surface area contributed by atoms with Crippen LogP contribution >= 0.6 is 0 Å². The molecule has 1 fully saturated rings. The highest BCUT2D eigenvalue weighted by Gasteiger charge is 2.25. The Morgan fingerprint density at radius 1 is 1.25 bits per heavy atom. The highest BCUT2D eigenvalue weighted by molar-refractivity contribution is 5.83. The Labute approximate surface area is 116 Å². The molecule has 4 rings (SSSR count). The predicted octanol–water partition coefficient (Wildman–Crippen LogP) is 1.51. The zero-order valence-corrected chi connectivity index (χ0v) is 11.1. The van der Waals surface area contributed by atoms with E-state index in [1.807, 2.05) is 6.33 Å². The predicted molar refractivity (Wildman–Crippen MR) is 75.3 cm³/mol. The molecule has 0 aliphatic heterocycles. The minimum Gasteiger partial charge on any atom is -0.396 e. The van der Waals surface area contributed by atoms with E-state index in [1.165, 1.54) is 12.8 Å². The number of nitrogens with zero attached hydrogens (tertiary/aromatic N) is 4. The molecule has 104 valence electrons. The van der Waals surface area contributed by atoms with Gasteiger partial charge in [-0.1, -0.05) is 12.2 Å². The number of aromatic nitrogens is 4. The fourth-order valence-corrected chi connectivity index (χ4v) is 2.72. The number of aliphatic hydroxyl groups is 1. The molecular weight excluding hydrogens is 254 g/mol. The maximum atomic E-state index is 9.23. The third kappa shape index (κ3) is 1.96. The average molecular weight is 271 g/mol. The first kappa shape index (κ1) is 11.8. The van der Waals surface area contributed by atoms with Gasteiger partial charge in [0.2, 0.25) is 0 Å². The topological polar surface area (TPSA) is 75.9 Å². The monoisotopic (exact) mass is 271 g/mol. The lowest BCUT2D eigenvalue weighted by Crippen LogP contribution is -2.08. The zero-order chi connectivity index (χ0) is 13.5. The molecule has 2 N–H and O–H groups in total. The number of allylic oxidation sites excluding steroid dienone is 1. The fourth-order valence-electron chi connectivity index (χ4n) is 2.72. The number of anilines is 1. The lowest BCUT2D eigenvalue weighted by atomic mass is 10.1. The van der Waals surface area contributed by atoms with E-state index in [1.54, 1.807) is 6.33 Å². The Morgan fingerprint density at radius 3 is 2.90 bits per heavy atom. The molecule has 2 atom stereocenters. The normalized spacial score (nSPS) is 25.4. The van der Waals surface area contributed by atoms with Crippen molar-refractivity contribution in [3.8, 4) is 0 Å². The maximum Gasteiger partial charge on any atom is 0.165 e. The summed E-state index contributed by atoms with van der Waals surface area (Å²) in [7, 11) is 0. The van der Waals surface area contributed by atoms with E-state index >= 15 is 0 Å². The van der Waals surface area contributed by atoms with Crippen molar-refractivity contribution >= 4 is 17.0 Å². The van der Waals surface area contributed by atoms with Crippen molar-refractivity contribution in [1.82, 2.24) is 19.5 Å². The summed E-state index contributed by atoms with van der Waals surface area (Å²) in [4.78, 5) is 13.2. The SMILES string of the molecule is OC[C@@H]1C=C[C@H](n2cnc3c(NC4CC4)ncnc32)C1. The van der Waals surface area contributed by atoms with Crippen LogP contribution in [0.5, 0.6) is 0 Å². The first-order valence-corrected chi connectivity index (χ1v) is 7.08. The summed E-state index contributed by atoms with van der Waals surface area (Å²) in [6.07, 6.45) is 10.9. The molecule has 0 saturated heterocycles. The average Bonchev–Trinajstić information content (AvgIpc) is 3.01. The lowest BCUT2D eigenvalue weighted by Gasteiger charge is -2.12. The highest BCUT2D eigenvalue weighted by atomic mass is 16.3. The van der Waals surface area contributed by atoms with Crippen LogP contribution < -0.4 is 5.32 Å². The summed E-state index contributed by atoms with van der Waals surface area (Å²) in [5, 5.41) is 12.6. The molecule has 2 heterocycles. The number of imidazole rings is 1. The Balaban J connectivity index is 1.69. The molecular formula is C14H17N5O. The van der Waals surface area contributed by atoms with Gasteiger partial charge in [0.25, 0.3) is 0 Å². The molecule has 0 spiro atoms. The van der Waals surface area contributed by atoms with Crippen LogP contribution in [0.2, 0.25) is 0 Å². The molecule has 0 unspecified atom stereocenters. The van der Waals surface area contributed by atoms with Gasteiger partial charge in [0.05, 0.1) is 12.4 Å². The van der Waals surface area contributed by atoms with E-state index in [9.17, 15) is 5.11 Å². The van der Waals surface area contributed by atoms with Gasteiger partial charge in [-0.2, -0.15) is 0 Å². The van der Waals surface area contributed by atoms with Gasteiger partial charge in [-0.3, -0.25) is 0 Å². The fraction of sp³-hybridized carbons (Fsp3) is 0.500. The molecule has 2 aromatic rings. The van der Waals surface area contributed by atoms with Gasteiger partial charge in [0.1, 0.15) is 11.8 Å². The van der Waals surface area contributed by atoms with E-state index in [0.29, 0.717) is 6.04 Å². The molecule has 0 radical (unpaired) electrons. The third-order valence-corrected chi connectivity index (χ3v) is 4.02. The smallest absolute Gasteiger partial charge is 0.165 e. The number of fused-ring (bicyclic) bond motifs is 1. The Kier molecular flexibility index (Phi) is 2.70. The third-order valence-electron chi connectivity index (χ3n) is 4.02. The van der Waals surface area contributed by atoms with E-state index in [0.717, 1.165) is 23.4 Å². The van der Waals surface area contributed by atoms with Crippen LogP contribution in [0.4, 0.5) is 5.82 Å². The minimum absolute atomic E-state index is 0.198. The van der Waals surface area contributed by atoms with Crippen molar-refractivity contribution in [2.45, 2.75) is 31.3 Å². The standard InChI is InChI=1S/C14H17N5O/c20-6-9-1-4-11(5-9)19-8-17-12-13(18-10-2-3-10)15-7-16-14(12)19/h1,4,7-11,20H,2-3,5-6H2,(H,15,16,18)/t9-,11+/m1/s1. The minimum atomic E-state index is 0.198. The van der Waals surface area contributed by atoms with Gasteiger partial charge in [-0.25, -0.2) is 15.0 Å². The first-order valence-electron chi connectivity index (χ1n) is 7.08. The summed E-state index contributed by atoms with van der Waals surface area (Å²) in [6.45, 7) is 0.198. The Hall–Kier alpha value is -1.95. The summed E-state index contributed by atoms with van der Waals surface area (Å²) >= 11 is 0. The summed E-state index contributed by atoms with van der Waals surface area (Å²) in [6, 6.07) is 0.768. The number of rotatable bonds is 4. The molecule has 2 aromatic heterocycles. The van der Waals surface area contributed by atoms with E-state index in [4.69, 9.17) is 0 Å². The van der Waals surface area contributed by atoms with Crippen molar-refractivity contribution < 1.29 is 5.11 Å². The van der Waals surface area contributed by atoms with Crippen molar-refractivity contribution in [1.29, 1.82) is 0 Å². The van der Waals surface area contributed by atoms with E-state index < -0.39 is 0 Å². The van der Waals surface area contributed by atoms with Crippen LogP contribution in [-0.2, 0) is 0 Å². The number of nitrogens with one attached hydrogen (secondary N) is 1.